The van der Waals surface area contributed by atoms with Gasteiger partial charge in [0.25, 0.3) is 0 Å². The summed E-state index contributed by atoms with van der Waals surface area (Å²) in [6, 6.07) is 2.78. The second kappa shape index (κ2) is 5.63. The van der Waals surface area contributed by atoms with Crippen LogP contribution in [-0.2, 0) is 0 Å². The lowest BCUT2D eigenvalue weighted by atomic mass is 9.91. The maximum atomic E-state index is 4.34. The first-order valence-corrected chi connectivity index (χ1v) is 6.85. The summed E-state index contributed by atoms with van der Waals surface area (Å²) in [7, 11) is 0. The Kier molecular flexibility index (Phi) is 4.16. The molecular weight excluding hydrogens is 208 g/mol. The van der Waals surface area contributed by atoms with Gasteiger partial charge in [-0.1, -0.05) is 26.3 Å². The highest BCUT2D eigenvalue weighted by Gasteiger charge is 2.29. The maximum absolute atomic E-state index is 4.34. The number of nitrogens with one attached hydrogen (secondary N) is 1. The van der Waals surface area contributed by atoms with Gasteiger partial charge in [0.15, 0.2) is 0 Å². The Hall–Kier alpha value is -0.890. The third-order valence-electron chi connectivity index (χ3n) is 3.89. The van der Waals surface area contributed by atoms with Gasteiger partial charge >= 0.3 is 0 Å². The van der Waals surface area contributed by atoms with Crippen molar-refractivity contribution >= 4 is 0 Å². The number of rotatable bonds is 4. The lowest BCUT2D eigenvalue weighted by Gasteiger charge is -2.25. The fraction of sp³-hybridized carbons (Fsp3) is 0.667. The Labute approximate surface area is 105 Å². The highest BCUT2D eigenvalue weighted by atomic mass is 14.9. The molecule has 0 radical (unpaired) electrons. The largest absolute Gasteiger partial charge is 0.310 e. The van der Waals surface area contributed by atoms with Gasteiger partial charge in [0.2, 0.25) is 0 Å². The number of hydrogen-bond donors (Lipinski definition) is 1. The summed E-state index contributed by atoms with van der Waals surface area (Å²) in [6.45, 7) is 7.71. The molecule has 1 heterocycles. The smallest absolute Gasteiger partial charge is 0.0364 e. The van der Waals surface area contributed by atoms with Gasteiger partial charge in [0.1, 0.15) is 0 Å². The van der Waals surface area contributed by atoms with Gasteiger partial charge in [-0.3, -0.25) is 4.98 Å². The molecule has 0 bridgehead atoms. The van der Waals surface area contributed by atoms with E-state index in [1.807, 2.05) is 12.4 Å². The summed E-state index contributed by atoms with van der Waals surface area (Å²) in [5, 5.41) is 3.65. The van der Waals surface area contributed by atoms with E-state index in [1.54, 1.807) is 0 Å². The molecule has 3 atom stereocenters. The van der Waals surface area contributed by atoms with Gasteiger partial charge in [-0.25, -0.2) is 0 Å². The summed E-state index contributed by atoms with van der Waals surface area (Å²) in [5.41, 5.74) is 2.63. The summed E-state index contributed by atoms with van der Waals surface area (Å²) < 4.78 is 0. The number of aromatic nitrogens is 1. The normalized spacial score (nSPS) is 26.1. The van der Waals surface area contributed by atoms with Crippen LogP contribution < -0.4 is 5.32 Å². The van der Waals surface area contributed by atoms with Gasteiger partial charge in [-0.05, 0) is 49.3 Å². The number of hydrogen-bond acceptors (Lipinski definition) is 2. The molecule has 2 rings (SSSR count). The van der Waals surface area contributed by atoms with Gasteiger partial charge in [0.05, 0.1) is 0 Å². The summed E-state index contributed by atoms with van der Waals surface area (Å²) in [6.07, 6.45) is 8.05. The minimum atomic E-state index is 0.498. The van der Waals surface area contributed by atoms with E-state index in [4.69, 9.17) is 0 Å². The van der Waals surface area contributed by atoms with Crippen molar-refractivity contribution in [3.8, 4) is 0 Å². The highest BCUT2D eigenvalue weighted by molar-refractivity contribution is 5.21. The molecule has 1 aliphatic rings. The zero-order valence-corrected chi connectivity index (χ0v) is 11.2. The van der Waals surface area contributed by atoms with Crippen LogP contribution in [0.4, 0.5) is 0 Å². The molecule has 0 aliphatic heterocycles. The standard InChI is InChI=1S/C15H24N2/c1-4-17-15(13-6-5-11(2)7-13)14-8-12(3)9-16-10-14/h8-11,13,15,17H,4-7H2,1-3H3. The molecule has 2 nitrogen and oxygen atoms in total. The molecule has 1 fully saturated rings. The molecular formula is C15H24N2. The molecule has 2 heteroatoms. The van der Waals surface area contributed by atoms with Crippen molar-refractivity contribution in [2.45, 2.75) is 46.1 Å². The molecule has 1 aromatic rings. The number of aryl methyl sites for hydroxylation is 1. The van der Waals surface area contributed by atoms with E-state index in [0.717, 1.165) is 18.4 Å². The fourth-order valence-electron chi connectivity index (χ4n) is 3.08. The van der Waals surface area contributed by atoms with Crippen LogP contribution in [0.15, 0.2) is 18.5 Å². The average Bonchev–Trinajstić information content (AvgIpc) is 2.72. The van der Waals surface area contributed by atoms with Crippen LogP contribution in [0.2, 0.25) is 0 Å². The highest BCUT2D eigenvalue weighted by Crippen LogP contribution is 2.38. The first kappa shape index (κ1) is 12.6. The quantitative estimate of drug-likeness (QED) is 0.859. The van der Waals surface area contributed by atoms with Crippen molar-refractivity contribution in [1.29, 1.82) is 0 Å². The van der Waals surface area contributed by atoms with E-state index < -0.39 is 0 Å². The molecule has 0 amide bonds. The zero-order chi connectivity index (χ0) is 12.3. The second-order valence-electron chi connectivity index (χ2n) is 5.51. The van der Waals surface area contributed by atoms with Crippen LogP contribution in [-0.4, -0.2) is 11.5 Å². The second-order valence-corrected chi connectivity index (χ2v) is 5.51. The van der Waals surface area contributed by atoms with Crippen molar-refractivity contribution < 1.29 is 0 Å². The first-order chi connectivity index (χ1) is 8.20. The van der Waals surface area contributed by atoms with E-state index >= 15 is 0 Å². The van der Waals surface area contributed by atoms with Gasteiger partial charge in [0, 0.05) is 18.4 Å². The Morgan fingerprint density at radius 2 is 2.24 bits per heavy atom. The van der Waals surface area contributed by atoms with Gasteiger partial charge in [-0.2, -0.15) is 0 Å². The van der Waals surface area contributed by atoms with Crippen LogP contribution >= 0.6 is 0 Å². The maximum Gasteiger partial charge on any atom is 0.0364 e. The van der Waals surface area contributed by atoms with Crippen LogP contribution in [0.5, 0.6) is 0 Å². The van der Waals surface area contributed by atoms with Crippen LogP contribution in [0.1, 0.15) is 50.3 Å². The number of pyridine rings is 1. The topological polar surface area (TPSA) is 24.9 Å². The minimum absolute atomic E-state index is 0.498. The van der Waals surface area contributed by atoms with Crippen molar-refractivity contribution in [3.05, 3.63) is 29.6 Å². The van der Waals surface area contributed by atoms with Gasteiger partial charge in [-0.15, -0.1) is 0 Å². The van der Waals surface area contributed by atoms with Crippen molar-refractivity contribution in [1.82, 2.24) is 10.3 Å². The van der Waals surface area contributed by atoms with E-state index in [2.05, 4.69) is 37.1 Å². The van der Waals surface area contributed by atoms with E-state index in [9.17, 15) is 0 Å². The summed E-state index contributed by atoms with van der Waals surface area (Å²) >= 11 is 0. The fourth-order valence-corrected chi connectivity index (χ4v) is 3.08. The van der Waals surface area contributed by atoms with E-state index in [-0.39, 0.29) is 0 Å². The lowest BCUT2D eigenvalue weighted by molar-refractivity contribution is 0.364. The lowest BCUT2D eigenvalue weighted by Crippen LogP contribution is -2.27. The Morgan fingerprint density at radius 3 is 2.82 bits per heavy atom. The van der Waals surface area contributed by atoms with Crippen LogP contribution in [0.25, 0.3) is 0 Å². The SMILES string of the molecule is CCNC(c1cncc(C)c1)C1CCC(C)C1. The first-order valence-electron chi connectivity index (χ1n) is 6.85. The average molecular weight is 232 g/mol. The van der Waals surface area contributed by atoms with Crippen molar-refractivity contribution in [2.75, 3.05) is 6.54 Å². The molecule has 0 spiro atoms. The molecule has 17 heavy (non-hydrogen) atoms. The Morgan fingerprint density at radius 1 is 1.41 bits per heavy atom. The Balaban J connectivity index is 2.16. The monoisotopic (exact) mass is 232 g/mol. The van der Waals surface area contributed by atoms with E-state index in [1.165, 1.54) is 30.4 Å². The third-order valence-corrected chi connectivity index (χ3v) is 3.89. The predicted molar refractivity (Wildman–Crippen MR) is 71.9 cm³/mol. The number of nitrogens with zero attached hydrogens (tertiary/aromatic N) is 1. The van der Waals surface area contributed by atoms with Crippen molar-refractivity contribution in [3.63, 3.8) is 0 Å². The summed E-state index contributed by atoms with van der Waals surface area (Å²) in [4.78, 5) is 4.34. The molecule has 1 N–H and O–H groups in total. The third kappa shape index (κ3) is 3.06. The molecule has 1 aromatic heterocycles. The molecule has 0 aromatic carbocycles. The molecule has 94 valence electrons. The summed E-state index contributed by atoms with van der Waals surface area (Å²) in [5.74, 6) is 1.67. The minimum Gasteiger partial charge on any atom is -0.310 e. The molecule has 0 saturated heterocycles. The Bertz CT molecular complexity index is 362. The van der Waals surface area contributed by atoms with E-state index in [0.29, 0.717) is 6.04 Å². The van der Waals surface area contributed by atoms with Crippen LogP contribution in [0, 0.1) is 18.8 Å². The van der Waals surface area contributed by atoms with Gasteiger partial charge < -0.3 is 5.32 Å². The zero-order valence-electron chi connectivity index (χ0n) is 11.2. The van der Waals surface area contributed by atoms with Crippen molar-refractivity contribution in [2.24, 2.45) is 11.8 Å². The predicted octanol–water partition coefficient (Wildman–Crippen LogP) is 3.48. The molecule has 1 aliphatic carbocycles. The molecule has 3 unspecified atom stereocenters. The van der Waals surface area contributed by atoms with Crippen LogP contribution in [0.3, 0.4) is 0 Å². The molecule has 1 saturated carbocycles.